The average molecular weight is 245 g/mol. The quantitative estimate of drug-likeness (QED) is 0.866. The van der Waals surface area contributed by atoms with E-state index >= 15 is 0 Å². The van der Waals surface area contributed by atoms with Crippen LogP contribution < -0.4 is 4.90 Å². The van der Waals surface area contributed by atoms with Gasteiger partial charge >= 0.3 is 0 Å². The van der Waals surface area contributed by atoms with E-state index in [1.807, 2.05) is 0 Å². The van der Waals surface area contributed by atoms with E-state index < -0.39 is 0 Å². The Hall–Kier alpha value is -1.02. The summed E-state index contributed by atoms with van der Waals surface area (Å²) in [5.41, 5.74) is 4.41. The minimum atomic E-state index is 0.289. The smallest absolute Gasteiger partial charge is 0.0635 e. The van der Waals surface area contributed by atoms with Gasteiger partial charge in [-0.05, 0) is 68.2 Å². The number of aliphatic hydroxyl groups excluding tert-OH is 1. The number of piperidine rings is 1. The minimum Gasteiger partial charge on any atom is -0.394 e. The molecule has 1 aliphatic carbocycles. The fourth-order valence-electron chi connectivity index (χ4n) is 3.43. The highest BCUT2D eigenvalue weighted by molar-refractivity contribution is 5.52. The maximum Gasteiger partial charge on any atom is 0.0635 e. The molecular weight excluding hydrogens is 222 g/mol. The first kappa shape index (κ1) is 12.0. The van der Waals surface area contributed by atoms with Crippen LogP contribution in [0.2, 0.25) is 0 Å². The van der Waals surface area contributed by atoms with Gasteiger partial charge in [0, 0.05) is 12.2 Å². The molecule has 2 heteroatoms. The van der Waals surface area contributed by atoms with Gasteiger partial charge in [0.1, 0.15) is 0 Å². The van der Waals surface area contributed by atoms with E-state index in [-0.39, 0.29) is 6.61 Å². The molecule has 1 saturated heterocycles. The Morgan fingerprint density at radius 1 is 1.06 bits per heavy atom. The van der Waals surface area contributed by atoms with E-state index in [0.717, 1.165) is 13.0 Å². The van der Waals surface area contributed by atoms with Crippen LogP contribution in [0.1, 0.15) is 43.2 Å². The van der Waals surface area contributed by atoms with Crippen LogP contribution in [0, 0.1) is 0 Å². The molecular formula is C16H23NO. The average Bonchev–Trinajstić information content (AvgIpc) is 2.46. The van der Waals surface area contributed by atoms with Gasteiger partial charge in [-0.2, -0.15) is 0 Å². The number of fused-ring (bicyclic) bond motifs is 1. The van der Waals surface area contributed by atoms with Crippen molar-refractivity contribution in [3.05, 3.63) is 29.3 Å². The second-order valence-electron chi connectivity index (χ2n) is 5.69. The molecule has 3 rings (SSSR count). The molecule has 0 radical (unpaired) electrons. The van der Waals surface area contributed by atoms with E-state index in [1.165, 1.54) is 44.2 Å². The molecule has 1 atom stereocenters. The summed E-state index contributed by atoms with van der Waals surface area (Å²) in [6.45, 7) is 1.39. The first-order valence-electron chi connectivity index (χ1n) is 7.38. The molecule has 0 aromatic heterocycles. The number of hydrogen-bond donors (Lipinski definition) is 1. The largest absolute Gasteiger partial charge is 0.394 e. The lowest BCUT2D eigenvalue weighted by atomic mass is 9.90. The summed E-state index contributed by atoms with van der Waals surface area (Å²) in [7, 11) is 0. The highest BCUT2D eigenvalue weighted by Gasteiger charge is 2.22. The number of aliphatic hydroxyl groups is 1. The molecule has 0 bridgehead atoms. The van der Waals surface area contributed by atoms with Crippen LogP contribution >= 0.6 is 0 Å². The van der Waals surface area contributed by atoms with Crippen molar-refractivity contribution >= 4 is 5.69 Å². The van der Waals surface area contributed by atoms with Crippen LogP contribution in [0.3, 0.4) is 0 Å². The van der Waals surface area contributed by atoms with E-state index in [1.54, 1.807) is 11.1 Å². The van der Waals surface area contributed by atoms with Gasteiger partial charge in [0.2, 0.25) is 0 Å². The van der Waals surface area contributed by atoms with Gasteiger partial charge in [-0.3, -0.25) is 0 Å². The molecule has 0 saturated carbocycles. The molecule has 1 fully saturated rings. The maximum absolute atomic E-state index is 9.52. The third-order valence-corrected chi connectivity index (χ3v) is 4.50. The topological polar surface area (TPSA) is 23.5 Å². The predicted molar refractivity (Wildman–Crippen MR) is 75.2 cm³/mol. The van der Waals surface area contributed by atoms with Gasteiger partial charge in [-0.15, -0.1) is 0 Å². The standard InChI is InChI=1S/C16H23NO/c18-12-16-7-3-4-10-17(16)15-9-8-13-5-1-2-6-14(13)11-15/h8-9,11,16,18H,1-7,10,12H2. The van der Waals surface area contributed by atoms with Gasteiger partial charge in [0.25, 0.3) is 0 Å². The van der Waals surface area contributed by atoms with E-state index in [9.17, 15) is 5.11 Å². The highest BCUT2D eigenvalue weighted by Crippen LogP contribution is 2.29. The van der Waals surface area contributed by atoms with Crippen LogP contribution in [-0.2, 0) is 12.8 Å². The summed E-state index contributed by atoms with van der Waals surface area (Å²) < 4.78 is 0. The van der Waals surface area contributed by atoms with Gasteiger partial charge in [0.05, 0.1) is 12.6 Å². The minimum absolute atomic E-state index is 0.289. The Labute approximate surface area is 110 Å². The molecule has 1 aliphatic heterocycles. The monoisotopic (exact) mass is 245 g/mol. The van der Waals surface area contributed by atoms with Crippen molar-refractivity contribution in [1.82, 2.24) is 0 Å². The van der Waals surface area contributed by atoms with Crippen LogP contribution in [0.5, 0.6) is 0 Å². The van der Waals surface area contributed by atoms with E-state index in [0.29, 0.717) is 6.04 Å². The molecule has 2 aliphatic rings. The first-order chi connectivity index (χ1) is 8.88. The zero-order chi connectivity index (χ0) is 12.4. The van der Waals surface area contributed by atoms with Gasteiger partial charge in [-0.1, -0.05) is 6.07 Å². The number of nitrogens with zero attached hydrogens (tertiary/aromatic N) is 1. The molecule has 98 valence electrons. The fraction of sp³-hybridized carbons (Fsp3) is 0.625. The SMILES string of the molecule is OCC1CCCCN1c1ccc2c(c1)CCCC2. The van der Waals surface area contributed by atoms with Crippen molar-refractivity contribution in [3.8, 4) is 0 Å². The second kappa shape index (κ2) is 5.31. The molecule has 0 amide bonds. The van der Waals surface area contributed by atoms with Crippen LogP contribution in [0.25, 0.3) is 0 Å². The third-order valence-electron chi connectivity index (χ3n) is 4.50. The number of rotatable bonds is 2. The Morgan fingerprint density at radius 2 is 1.89 bits per heavy atom. The normalized spacial score (nSPS) is 23.8. The Kier molecular flexibility index (Phi) is 3.55. The van der Waals surface area contributed by atoms with Gasteiger partial charge < -0.3 is 10.0 Å². The van der Waals surface area contributed by atoms with E-state index in [2.05, 4.69) is 23.1 Å². The molecule has 0 spiro atoms. The maximum atomic E-state index is 9.52. The Morgan fingerprint density at radius 3 is 2.72 bits per heavy atom. The van der Waals surface area contributed by atoms with Crippen LogP contribution in [0.15, 0.2) is 18.2 Å². The van der Waals surface area contributed by atoms with Crippen molar-refractivity contribution in [3.63, 3.8) is 0 Å². The number of hydrogen-bond acceptors (Lipinski definition) is 2. The van der Waals surface area contributed by atoms with Crippen molar-refractivity contribution in [2.45, 2.75) is 51.0 Å². The highest BCUT2D eigenvalue weighted by atomic mass is 16.3. The summed E-state index contributed by atoms with van der Waals surface area (Å²) >= 11 is 0. The number of anilines is 1. The summed E-state index contributed by atoms with van der Waals surface area (Å²) in [4.78, 5) is 2.42. The second-order valence-corrected chi connectivity index (χ2v) is 5.69. The Balaban J connectivity index is 1.86. The molecule has 1 unspecified atom stereocenters. The zero-order valence-corrected chi connectivity index (χ0v) is 11.1. The van der Waals surface area contributed by atoms with Crippen LogP contribution in [-0.4, -0.2) is 24.3 Å². The number of benzene rings is 1. The molecule has 18 heavy (non-hydrogen) atoms. The van der Waals surface area contributed by atoms with Crippen molar-refractivity contribution in [1.29, 1.82) is 0 Å². The van der Waals surface area contributed by atoms with Crippen molar-refractivity contribution in [2.75, 3.05) is 18.1 Å². The lowest BCUT2D eigenvalue weighted by Crippen LogP contribution is -2.42. The van der Waals surface area contributed by atoms with E-state index in [4.69, 9.17) is 0 Å². The Bertz CT molecular complexity index is 416. The summed E-state index contributed by atoms with van der Waals surface area (Å²) in [6, 6.07) is 7.29. The number of aryl methyl sites for hydroxylation is 2. The molecule has 1 aromatic rings. The van der Waals surface area contributed by atoms with Crippen molar-refractivity contribution < 1.29 is 5.11 Å². The zero-order valence-electron chi connectivity index (χ0n) is 11.1. The summed E-state index contributed by atoms with van der Waals surface area (Å²) in [5.74, 6) is 0. The van der Waals surface area contributed by atoms with Gasteiger partial charge in [-0.25, -0.2) is 0 Å². The predicted octanol–water partition coefficient (Wildman–Crippen LogP) is 2.92. The molecule has 2 nitrogen and oxygen atoms in total. The summed E-state index contributed by atoms with van der Waals surface area (Å²) in [5, 5.41) is 9.52. The van der Waals surface area contributed by atoms with Crippen LogP contribution in [0.4, 0.5) is 5.69 Å². The lowest BCUT2D eigenvalue weighted by molar-refractivity contribution is 0.240. The molecule has 1 aromatic carbocycles. The molecule has 1 N–H and O–H groups in total. The lowest BCUT2D eigenvalue weighted by Gasteiger charge is -2.37. The van der Waals surface area contributed by atoms with Gasteiger partial charge in [0.15, 0.2) is 0 Å². The fourth-order valence-corrected chi connectivity index (χ4v) is 3.43. The first-order valence-corrected chi connectivity index (χ1v) is 7.38. The summed E-state index contributed by atoms with van der Waals surface area (Å²) in [6.07, 6.45) is 8.81. The third kappa shape index (κ3) is 2.26. The molecule has 1 heterocycles. The van der Waals surface area contributed by atoms with Crippen molar-refractivity contribution in [2.24, 2.45) is 0 Å².